The number of amides is 1. The van der Waals surface area contributed by atoms with Crippen molar-refractivity contribution in [3.8, 4) is 0 Å². The molecule has 0 spiro atoms. The number of anilines is 1. The van der Waals surface area contributed by atoms with Gasteiger partial charge in [0.05, 0.1) is 0 Å². The molecule has 1 atom stereocenters. The standard InChI is InChI=1S/C15H17NO3S/c1-10-8-13(4-2-11(10)3-5-14(17)18)16-15(19)12-6-7-20-9-12/h2-5,8,12H,6-7,9H2,1H3,(H,16,19)(H,17,18). The molecule has 0 aromatic heterocycles. The van der Waals surface area contributed by atoms with Crippen molar-refractivity contribution in [2.24, 2.45) is 5.92 Å². The van der Waals surface area contributed by atoms with Gasteiger partial charge in [-0.25, -0.2) is 4.79 Å². The quantitative estimate of drug-likeness (QED) is 0.837. The fraction of sp³-hybridized carbons (Fsp3) is 0.333. The molecule has 1 aromatic carbocycles. The molecule has 0 bridgehead atoms. The molecule has 1 aromatic rings. The van der Waals surface area contributed by atoms with Crippen LogP contribution in [-0.2, 0) is 9.59 Å². The van der Waals surface area contributed by atoms with Crippen molar-refractivity contribution >= 4 is 35.4 Å². The van der Waals surface area contributed by atoms with Crippen molar-refractivity contribution in [2.45, 2.75) is 13.3 Å². The van der Waals surface area contributed by atoms with Gasteiger partial charge in [0.2, 0.25) is 5.91 Å². The summed E-state index contributed by atoms with van der Waals surface area (Å²) in [6, 6.07) is 5.48. The molecule has 106 valence electrons. The Morgan fingerprint density at radius 1 is 1.45 bits per heavy atom. The number of carbonyl (C=O) groups excluding carboxylic acids is 1. The number of rotatable bonds is 4. The van der Waals surface area contributed by atoms with Gasteiger partial charge >= 0.3 is 5.97 Å². The van der Waals surface area contributed by atoms with Crippen LogP contribution in [0.2, 0.25) is 0 Å². The van der Waals surface area contributed by atoms with Crippen LogP contribution in [0, 0.1) is 12.8 Å². The zero-order valence-electron chi connectivity index (χ0n) is 11.3. The Kier molecular flexibility index (Phi) is 4.84. The Hall–Kier alpha value is -1.75. The zero-order chi connectivity index (χ0) is 14.5. The highest BCUT2D eigenvalue weighted by Gasteiger charge is 2.23. The van der Waals surface area contributed by atoms with Crippen LogP contribution in [0.25, 0.3) is 6.08 Å². The summed E-state index contributed by atoms with van der Waals surface area (Å²) in [4.78, 5) is 22.5. The number of benzene rings is 1. The van der Waals surface area contributed by atoms with Crippen LogP contribution in [0.15, 0.2) is 24.3 Å². The van der Waals surface area contributed by atoms with Crippen molar-refractivity contribution in [2.75, 3.05) is 16.8 Å². The Balaban J connectivity index is 2.04. The van der Waals surface area contributed by atoms with Gasteiger partial charge in [-0.2, -0.15) is 11.8 Å². The van der Waals surface area contributed by atoms with Crippen molar-refractivity contribution in [1.29, 1.82) is 0 Å². The second-order valence-corrected chi connectivity index (χ2v) is 5.94. The lowest BCUT2D eigenvalue weighted by molar-refractivity contribution is -0.131. The van der Waals surface area contributed by atoms with Gasteiger partial charge in [-0.15, -0.1) is 0 Å². The number of hydrogen-bond acceptors (Lipinski definition) is 3. The number of thioether (sulfide) groups is 1. The first-order valence-corrected chi connectivity index (χ1v) is 7.62. The van der Waals surface area contributed by atoms with Crippen LogP contribution in [0.1, 0.15) is 17.5 Å². The van der Waals surface area contributed by atoms with E-state index in [-0.39, 0.29) is 11.8 Å². The van der Waals surface area contributed by atoms with E-state index in [0.29, 0.717) is 0 Å². The predicted octanol–water partition coefficient (Wildman–Crippen LogP) is 2.78. The number of carbonyl (C=O) groups is 2. The first-order valence-electron chi connectivity index (χ1n) is 6.46. The zero-order valence-corrected chi connectivity index (χ0v) is 12.1. The molecular formula is C15H17NO3S. The summed E-state index contributed by atoms with van der Waals surface area (Å²) in [5.41, 5.74) is 2.53. The minimum Gasteiger partial charge on any atom is -0.478 e. The molecule has 4 nitrogen and oxygen atoms in total. The smallest absolute Gasteiger partial charge is 0.328 e. The summed E-state index contributed by atoms with van der Waals surface area (Å²) in [5.74, 6) is 1.15. The number of aryl methyl sites for hydroxylation is 1. The largest absolute Gasteiger partial charge is 0.478 e. The molecule has 0 radical (unpaired) electrons. The number of aliphatic carboxylic acids is 1. The molecule has 2 N–H and O–H groups in total. The van der Waals surface area contributed by atoms with Gasteiger partial charge in [0, 0.05) is 23.4 Å². The van der Waals surface area contributed by atoms with Gasteiger partial charge < -0.3 is 10.4 Å². The summed E-state index contributed by atoms with van der Waals surface area (Å²) in [7, 11) is 0. The molecule has 1 aliphatic rings. The van der Waals surface area contributed by atoms with Crippen LogP contribution in [0.4, 0.5) is 5.69 Å². The van der Waals surface area contributed by atoms with Crippen LogP contribution in [0.5, 0.6) is 0 Å². The molecule has 1 fully saturated rings. The average Bonchev–Trinajstić information content (AvgIpc) is 2.91. The Bertz CT molecular complexity index is 548. The van der Waals surface area contributed by atoms with E-state index in [1.807, 2.05) is 30.8 Å². The molecule has 2 rings (SSSR count). The van der Waals surface area contributed by atoms with E-state index < -0.39 is 5.97 Å². The van der Waals surface area contributed by atoms with Crippen LogP contribution < -0.4 is 5.32 Å². The number of hydrogen-bond donors (Lipinski definition) is 2. The van der Waals surface area contributed by atoms with E-state index in [0.717, 1.165) is 40.8 Å². The fourth-order valence-electron chi connectivity index (χ4n) is 2.09. The molecule has 1 heterocycles. The van der Waals surface area contributed by atoms with E-state index in [9.17, 15) is 9.59 Å². The second-order valence-electron chi connectivity index (χ2n) is 4.79. The summed E-state index contributed by atoms with van der Waals surface area (Å²) < 4.78 is 0. The maximum absolute atomic E-state index is 12.0. The molecule has 1 saturated heterocycles. The lowest BCUT2D eigenvalue weighted by Gasteiger charge is -2.11. The monoisotopic (exact) mass is 291 g/mol. The fourth-order valence-corrected chi connectivity index (χ4v) is 3.31. The summed E-state index contributed by atoms with van der Waals surface area (Å²) >= 11 is 1.81. The molecular weight excluding hydrogens is 274 g/mol. The van der Waals surface area contributed by atoms with Crippen molar-refractivity contribution < 1.29 is 14.7 Å². The Morgan fingerprint density at radius 3 is 2.85 bits per heavy atom. The molecule has 5 heteroatoms. The minimum absolute atomic E-state index is 0.0724. The van der Waals surface area contributed by atoms with Gasteiger partial charge in [0.1, 0.15) is 0 Å². The van der Waals surface area contributed by atoms with Gasteiger partial charge in [-0.3, -0.25) is 4.79 Å². The van der Waals surface area contributed by atoms with Gasteiger partial charge in [0.25, 0.3) is 0 Å². The van der Waals surface area contributed by atoms with Crippen LogP contribution in [-0.4, -0.2) is 28.5 Å². The summed E-state index contributed by atoms with van der Waals surface area (Å²) in [6.45, 7) is 1.89. The number of carboxylic acid groups (broad SMARTS) is 1. The van der Waals surface area contributed by atoms with Crippen LogP contribution >= 0.6 is 11.8 Å². The topological polar surface area (TPSA) is 66.4 Å². The highest BCUT2D eigenvalue weighted by atomic mass is 32.2. The van der Waals surface area contributed by atoms with E-state index in [1.165, 1.54) is 0 Å². The van der Waals surface area contributed by atoms with Gasteiger partial charge in [-0.1, -0.05) is 6.07 Å². The highest BCUT2D eigenvalue weighted by Crippen LogP contribution is 2.25. The molecule has 20 heavy (non-hydrogen) atoms. The molecule has 0 saturated carbocycles. The molecule has 1 unspecified atom stereocenters. The van der Waals surface area contributed by atoms with Crippen molar-refractivity contribution in [3.05, 3.63) is 35.4 Å². The first kappa shape index (κ1) is 14.7. The van der Waals surface area contributed by atoms with E-state index in [2.05, 4.69) is 5.32 Å². The van der Waals surface area contributed by atoms with Gasteiger partial charge in [-0.05, 0) is 48.4 Å². The summed E-state index contributed by atoms with van der Waals surface area (Å²) in [6.07, 6.45) is 3.60. The van der Waals surface area contributed by atoms with E-state index in [4.69, 9.17) is 5.11 Å². The molecule has 1 aliphatic heterocycles. The third-order valence-corrected chi connectivity index (χ3v) is 4.41. The Labute approximate surface area is 122 Å². The van der Waals surface area contributed by atoms with Crippen LogP contribution in [0.3, 0.4) is 0 Å². The number of nitrogens with one attached hydrogen (secondary N) is 1. The first-order chi connectivity index (χ1) is 9.56. The maximum atomic E-state index is 12.0. The lowest BCUT2D eigenvalue weighted by atomic mass is 10.1. The minimum atomic E-state index is -0.972. The predicted molar refractivity (Wildman–Crippen MR) is 81.9 cm³/mol. The SMILES string of the molecule is Cc1cc(NC(=O)C2CCSC2)ccc1C=CC(=O)O. The third kappa shape index (κ3) is 3.87. The van der Waals surface area contributed by atoms with Gasteiger partial charge in [0.15, 0.2) is 0 Å². The molecule has 0 aliphatic carbocycles. The van der Waals surface area contributed by atoms with E-state index in [1.54, 1.807) is 12.1 Å². The summed E-state index contributed by atoms with van der Waals surface area (Å²) in [5, 5.41) is 11.5. The molecule has 1 amide bonds. The third-order valence-electron chi connectivity index (χ3n) is 3.24. The second kappa shape index (κ2) is 6.61. The lowest BCUT2D eigenvalue weighted by Crippen LogP contribution is -2.22. The number of carboxylic acids is 1. The average molecular weight is 291 g/mol. The van der Waals surface area contributed by atoms with Crippen molar-refractivity contribution in [1.82, 2.24) is 0 Å². The Morgan fingerprint density at radius 2 is 2.25 bits per heavy atom. The normalized spacial score (nSPS) is 18.4. The van der Waals surface area contributed by atoms with Crippen molar-refractivity contribution in [3.63, 3.8) is 0 Å². The maximum Gasteiger partial charge on any atom is 0.328 e. The highest BCUT2D eigenvalue weighted by molar-refractivity contribution is 7.99. The van der Waals surface area contributed by atoms with E-state index >= 15 is 0 Å².